The van der Waals surface area contributed by atoms with Crippen LogP contribution in [0.5, 0.6) is 5.75 Å². The lowest BCUT2D eigenvalue weighted by Gasteiger charge is -2.05. The average molecular weight is 295 g/mol. The van der Waals surface area contributed by atoms with Crippen molar-refractivity contribution in [3.8, 4) is 23.2 Å². The van der Waals surface area contributed by atoms with E-state index in [2.05, 4.69) is 16.9 Å². The van der Waals surface area contributed by atoms with Gasteiger partial charge in [0.15, 0.2) is 5.82 Å². The maximum atomic E-state index is 11.6. The molecule has 0 bridgehead atoms. The van der Waals surface area contributed by atoms with Crippen molar-refractivity contribution in [1.82, 2.24) is 9.97 Å². The van der Waals surface area contributed by atoms with Gasteiger partial charge in [0.1, 0.15) is 11.8 Å². The lowest BCUT2D eigenvalue weighted by molar-refractivity contribution is -0.134. The molecule has 0 atom stereocenters. The maximum absolute atomic E-state index is 11.6. The minimum absolute atomic E-state index is 0.212. The highest BCUT2D eigenvalue weighted by Gasteiger charge is 2.06. The van der Waals surface area contributed by atoms with Crippen molar-refractivity contribution in [3.63, 3.8) is 0 Å². The van der Waals surface area contributed by atoms with Gasteiger partial charge in [-0.05, 0) is 30.7 Å². The molecule has 112 valence electrons. The first-order valence-corrected chi connectivity index (χ1v) is 7.26. The van der Waals surface area contributed by atoms with Crippen LogP contribution in [-0.2, 0) is 4.79 Å². The number of hydrogen-bond acceptors (Lipinski definition) is 5. The third kappa shape index (κ3) is 4.38. The molecule has 0 saturated heterocycles. The zero-order chi connectivity index (χ0) is 15.8. The van der Waals surface area contributed by atoms with Gasteiger partial charge < -0.3 is 4.74 Å². The fourth-order valence-electron chi connectivity index (χ4n) is 1.91. The molecule has 0 amide bonds. The Labute approximate surface area is 129 Å². The van der Waals surface area contributed by atoms with E-state index >= 15 is 0 Å². The monoisotopic (exact) mass is 295 g/mol. The molecule has 5 nitrogen and oxygen atoms in total. The molecule has 0 fully saturated rings. The molecule has 0 radical (unpaired) electrons. The Kier molecular flexibility index (Phi) is 5.61. The quantitative estimate of drug-likeness (QED) is 0.463. The van der Waals surface area contributed by atoms with Crippen LogP contribution < -0.4 is 4.74 Å². The first-order valence-electron chi connectivity index (χ1n) is 7.26. The van der Waals surface area contributed by atoms with Gasteiger partial charge in [-0.2, -0.15) is 5.26 Å². The number of ether oxygens (including phenoxy) is 1. The molecule has 2 rings (SSSR count). The highest BCUT2D eigenvalue weighted by Crippen LogP contribution is 2.19. The molecule has 1 heterocycles. The van der Waals surface area contributed by atoms with E-state index in [-0.39, 0.29) is 5.97 Å². The molecule has 1 aromatic heterocycles. The number of rotatable bonds is 6. The van der Waals surface area contributed by atoms with Crippen LogP contribution in [-0.4, -0.2) is 15.9 Å². The Morgan fingerprint density at radius 3 is 2.45 bits per heavy atom. The van der Waals surface area contributed by atoms with Crippen molar-refractivity contribution in [1.29, 1.82) is 5.26 Å². The van der Waals surface area contributed by atoms with Crippen molar-refractivity contribution in [2.45, 2.75) is 32.6 Å². The van der Waals surface area contributed by atoms with Crippen molar-refractivity contribution in [2.75, 3.05) is 0 Å². The van der Waals surface area contributed by atoms with E-state index in [1.807, 2.05) is 6.07 Å². The van der Waals surface area contributed by atoms with E-state index in [1.54, 1.807) is 24.3 Å². The number of unbranched alkanes of at least 4 members (excludes halogenated alkanes) is 2. The molecule has 0 saturated carbocycles. The summed E-state index contributed by atoms with van der Waals surface area (Å²) in [5, 5.41) is 8.72. The number of nitriles is 1. The molecule has 1 aromatic carbocycles. The van der Waals surface area contributed by atoms with Gasteiger partial charge in [-0.3, -0.25) is 4.79 Å². The molecule has 0 spiro atoms. The summed E-state index contributed by atoms with van der Waals surface area (Å²) in [5.41, 5.74) is 1.22. The number of nitrogens with zero attached hydrogens (tertiary/aromatic N) is 3. The number of esters is 1. The molecule has 0 aliphatic carbocycles. The Hall–Kier alpha value is -2.74. The lowest BCUT2D eigenvalue weighted by Crippen LogP contribution is -2.07. The van der Waals surface area contributed by atoms with Crippen LogP contribution in [0.25, 0.3) is 11.4 Å². The van der Waals surface area contributed by atoms with E-state index in [0.717, 1.165) is 24.8 Å². The summed E-state index contributed by atoms with van der Waals surface area (Å²) < 4.78 is 5.27. The molecule has 0 aliphatic rings. The second-order valence-corrected chi connectivity index (χ2v) is 4.86. The van der Waals surface area contributed by atoms with Crippen LogP contribution in [0, 0.1) is 11.3 Å². The Morgan fingerprint density at radius 2 is 1.86 bits per heavy atom. The highest BCUT2D eigenvalue weighted by atomic mass is 16.5. The number of carbonyl (C=O) groups is 1. The maximum Gasteiger partial charge on any atom is 0.311 e. The lowest BCUT2D eigenvalue weighted by atomic mass is 10.2. The number of aromatic nitrogens is 2. The summed E-state index contributed by atoms with van der Waals surface area (Å²) in [7, 11) is 0. The molecule has 0 N–H and O–H groups in total. The third-order valence-corrected chi connectivity index (χ3v) is 3.11. The minimum Gasteiger partial charge on any atom is -0.427 e. The van der Waals surface area contributed by atoms with Gasteiger partial charge in [0.25, 0.3) is 0 Å². The molecule has 22 heavy (non-hydrogen) atoms. The third-order valence-electron chi connectivity index (χ3n) is 3.11. The first kappa shape index (κ1) is 15.6. The molecule has 2 aromatic rings. The minimum atomic E-state index is -0.212. The predicted octanol–water partition coefficient (Wildman–Crippen LogP) is 3.50. The largest absolute Gasteiger partial charge is 0.427 e. The fraction of sp³-hybridized carbons (Fsp3) is 0.294. The summed E-state index contributed by atoms with van der Waals surface area (Å²) in [6, 6.07) is 8.98. The van der Waals surface area contributed by atoms with Gasteiger partial charge in [0.2, 0.25) is 0 Å². The zero-order valence-corrected chi connectivity index (χ0v) is 12.5. The normalized spacial score (nSPS) is 10.0. The van der Waals surface area contributed by atoms with Gasteiger partial charge in [-0.1, -0.05) is 19.8 Å². The topological polar surface area (TPSA) is 75.9 Å². The summed E-state index contributed by atoms with van der Waals surface area (Å²) in [5.74, 6) is 0.828. The second kappa shape index (κ2) is 7.89. The molecular weight excluding hydrogens is 278 g/mol. The van der Waals surface area contributed by atoms with E-state index in [9.17, 15) is 4.79 Å². The van der Waals surface area contributed by atoms with Crippen LogP contribution in [0.15, 0.2) is 36.7 Å². The van der Waals surface area contributed by atoms with E-state index < -0.39 is 0 Å². The van der Waals surface area contributed by atoms with Gasteiger partial charge in [-0.25, -0.2) is 9.97 Å². The second-order valence-electron chi connectivity index (χ2n) is 4.86. The molecule has 0 unspecified atom stereocenters. The number of hydrogen-bond donors (Lipinski definition) is 0. The van der Waals surface area contributed by atoms with Crippen molar-refractivity contribution < 1.29 is 9.53 Å². The Balaban J connectivity index is 1.97. The zero-order valence-electron chi connectivity index (χ0n) is 12.5. The van der Waals surface area contributed by atoms with Gasteiger partial charge >= 0.3 is 5.97 Å². The molecule has 5 heteroatoms. The van der Waals surface area contributed by atoms with Crippen LogP contribution in [0.1, 0.15) is 38.2 Å². The summed E-state index contributed by atoms with van der Waals surface area (Å²) in [6.45, 7) is 2.09. The summed E-state index contributed by atoms with van der Waals surface area (Å²) in [6.07, 6.45) is 6.35. The summed E-state index contributed by atoms with van der Waals surface area (Å²) in [4.78, 5) is 19.9. The molecule has 0 aliphatic heterocycles. The van der Waals surface area contributed by atoms with Gasteiger partial charge in [-0.15, -0.1) is 0 Å². The van der Waals surface area contributed by atoms with E-state index in [4.69, 9.17) is 10.00 Å². The van der Waals surface area contributed by atoms with Crippen molar-refractivity contribution >= 4 is 5.97 Å². The Bertz CT molecular complexity index is 658. The van der Waals surface area contributed by atoms with Crippen molar-refractivity contribution in [3.05, 3.63) is 42.2 Å². The number of carbonyl (C=O) groups excluding carboxylic acids is 1. The molecular formula is C17H17N3O2. The van der Waals surface area contributed by atoms with E-state index in [1.165, 1.54) is 12.4 Å². The SMILES string of the molecule is CCCCCC(=O)Oc1ccc(-c2ncc(C#N)cn2)cc1. The van der Waals surface area contributed by atoms with Crippen LogP contribution >= 0.6 is 0 Å². The fourth-order valence-corrected chi connectivity index (χ4v) is 1.91. The smallest absolute Gasteiger partial charge is 0.311 e. The van der Waals surface area contributed by atoms with Crippen molar-refractivity contribution in [2.24, 2.45) is 0 Å². The average Bonchev–Trinajstić information content (AvgIpc) is 2.56. The van der Waals surface area contributed by atoms with Crippen LogP contribution in [0.2, 0.25) is 0 Å². The van der Waals surface area contributed by atoms with Gasteiger partial charge in [0.05, 0.1) is 5.56 Å². The predicted molar refractivity (Wildman–Crippen MR) is 82.0 cm³/mol. The number of benzene rings is 1. The first-order chi connectivity index (χ1) is 10.7. The standard InChI is InChI=1S/C17H17N3O2/c1-2-3-4-5-16(21)22-15-8-6-14(7-9-15)17-19-11-13(10-18)12-20-17/h6-9,11-12H,2-5H2,1H3. The highest BCUT2D eigenvalue weighted by molar-refractivity contribution is 5.72. The summed E-state index contributed by atoms with van der Waals surface area (Å²) >= 11 is 0. The van der Waals surface area contributed by atoms with Crippen LogP contribution in [0.4, 0.5) is 0 Å². The van der Waals surface area contributed by atoms with Gasteiger partial charge in [0, 0.05) is 24.4 Å². The Morgan fingerprint density at radius 1 is 1.18 bits per heavy atom. The van der Waals surface area contributed by atoms with E-state index in [0.29, 0.717) is 23.6 Å². The van der Waals surface area contributed by atoms with Crippen LogP contribution in [0.3, 0.4) is 0 Å².